The highest BCUT2D eigenvalue weighted by Crippen LogP contribution is 2.43. The average Bonchev–Trinajstić information content (AvgIpc) is 3.64. The number of carbonyl (C=O) groups excluding carboxylic acids is 1. The Bertz CT molecular complexity index is 1550. The van der Waals surface area contributed by atoms with Crippen molar-refractivity contribution in [1.29, 1.82) is 0 Å². The van der Waals surface area contributed by atoms with Crippen molar-refractivity contribution < 1.29 is 38.4 Å². The number of esters is 1. The molecule has 1 heterocycles. The van der Waals surface area contributed by atoms with Crippen LogP contribution in [0.15, 0.2) is 48.0 Å². The number of benzene rings is 2. The summed E-state index contributed by atoms with van der Waals surface area (Å²) in [5.41, 5.74) is 4.62. The van der Waals surface area contributed by atoms with E-state index in [2.05, 4.69) is 49.1 Å². The number of hydrogen-bond donors (Lipinski definition) is 1. The Morgan fingerprint density at radius 2 is 1.08 bits per heavy atom. The van der Waals surface area contributed by atoms with Crippen LogP contribution in [0, 0.1) is 5.92 Å². The predicted octanol–water partition coefficient (Wildman–Crippen LogP) is 14.3. The van der Waals surface area contributed by atoms with E-state index in [0.29, 0.717) is 36.4 Å². The molecule has 368 valence electrons. The molecule has 0 radical (unpaired) electrons. The number of nitrogens with zero attached hydrogens (tertiary/aromatic N) is 1. The van der Waals surface area contributed by atoms with Crippen molar-refractivity contribution in [3.8, 4) is 11.5 Å². The second kappa shape index (κ2) is 36.7. The van der Waals surface area contributed by atoms with Crippen LogP contribution in [0.25, 0.3) is 5.76 Å². The molecule has 0 unspecified atom stereocenters. The molecule has 0 spiro atoms. The summed E-state index contributed by atoms with van der Waals surface area (Å²) in [6, 6.07) is 14.7. The van der Waals surface area contributed by atoms with Crippen molar-refractivity contribution in [3.63, 3.8) is 0 Å². The Labute approximate surface area is 395 Å². The lowest BCUT2D eigenvalue weighted by molar-refractivity contribution is -0.143. The summed E-state index contributed by atoms with van der Waals surface area (Å²) < 4.78 is 28.0. The highest BCUT2D eigenvalue weighted by Gasteiger charge is 2.30. The molecule has 1 saturated heterocycles. The monoisotopic (exact) mass is 906 g/mol. The highest BCUT2D eigenvalue weighted by molar-refractivity contribution is 5.84. The van der Waals surface area contributed by atoms with Gasteiger partial charge in [-0.2, -0.15) is 0 Å². The zero-order valence-electron chi connectivity index (χ0n) is 41.6. The Kier molecular flexibility index (Phi) is 31.6. The number of piperidine rings is 1. The molecular formula is C56H91NO8. The summed E-state index contributed by atoms with van der Waals surface area (Å²) in [5, 5.41) is 8.38. The number of fused-ring (bicyclic) bond motifs is 1. The number of likely N-dealkylation sites (tertiary alicyclic amines) is 1. The minimum absolute atomic E-state index is 0.0185. The smallest absolute Gasteiger partial charge is 0.337 e. The largest absolute Gasteiger partial charge is 0.493 e. The number of allylic oxidation sites excluding steroid dienone is 1. The molecule has 4 rings (SSSR count). The fourth-order valence-electron chi connectivity index (χ4n) is 9.16. The van der Waals surface area contributed by atoms with Crippen LogP contribution in [0.4, 0.5) is 0 Å². The van der Waals surface area contributed by atoms with Crippen molar-refractivity contribution in [2.24, 2.45) is 5.92 Å². The van der Waals surface area contributed by atoms with Gasteiger partial charge in [0.2, 0.25) is 0 Å². The topological polar surface area (TPSA) is 104 Å². The summed E-state index contributed by atoms with van der Waals surface area (Å²) >= 11 is 0. The summed E-state index contributed by atoms with van der Waals surface area (Å²) in [4.78, 5) is 25.8. The number of carbonyl (C=O) groups is 2. The van der Waals surface area contributed by atoms with Gasteiger partial charge in [-0.15, -0.1) is 0 Å². The molecule has 2 aromatic rings. The maximum atomic E-state index is 13.0. The SMILES string of the molecule is CCCCCCCCCCCCCCOCC(=O)O.CCCCCCCCCCCCCCOCC(=O)OC1=C(CC2CCN(Cc3ccccc3)CC2)Cc2cc(OC)c(OC)cc21. The first-order valence-electron chi connectivity index (χ1n) is 26.2. The molecule has 1 N–H and O–H groups in total. The molecule has 0 saturated carbocycles. The van der Waals surface area contributed by atoms with Crippen molar-refractivity contribution in [2.45, 2.75) is 200 Å². The Hall–Kier alpha value is -3.40. The second-order valence-corrected chi connectivity index (χ2v) is 18.6. The van der Waals surface area contributed by atoms with Crippen LogP contribution >= 0.6 is 0 Å². The quantitative estimate of drug-likeness (QED) is 0.0524. The number of methoxy groups -OCH3 is 2. The van der Waals surface area contributed by atoms with Crippen molar-refractivity contribution in [2.75, 3.05) is 53.7 Å². The zero-order valence-corrected chi connectivity index (χ0v) is 41.6. The molecule has 0 amide bonds. The van der Waals surface area contributed by atoms with Gasteiger partial charge in [-0.25, -0.2) is 9.59 Å². The van der Waals surface area contributed by atoms with E-state index in [1.807, 2.05) is 12.1 Å². The van der Waals surface area contributed by atoms with Crippen molar-refractivity contribution in [1.82, 2.24) is 4.90 Å². The third-order valence-electron chi connectivity index (χ3n) is 13.0. The molecule has 0 atom stereocenters. The molecule has 0 aromatic heterocycles. The highest BCUT2D eigenvalue weighted by atomic mass is 16.6. The lowest BCUT2D eigenvalue weighted by atomic mass is 9.89. The fraction of sp³-hybridized carbons (Fsp3) is 0.714. The molecule has 65 heavy (non-hydrogen) atoms. The number of aliphatic carboxylic acids is 1. The predicted molar refractivity (Wildman–Crippen MR) is 267 cm³/mol. The van der Waals surface area contributed by atoms with E-state index >= 15 is 0 Å². The molecule has 9 nitrogen and oxygen atoms in total. The maximum absolute atomic E-state index is 13.0. The van der Waals surface area contributed by atoms with Crippen LogP contribution in [0.1, 0.15) is 204 Å². The van der Waals surface area contributed by atoms with Gasteiger partial charge in [0.05, 0.1) is 14.2 Å². The van der Waals surface area contributed by atoms with Crippen LogP contribution in [-0.2, 0) is 36.8 Å². The molecule has 9 heteroatoms. The lowest BCUT2D eigenvalue weighted by Crippen LogP contribution is -2.33. The molecule has 2 aromatic carbocycles. The van der Waals surface area contributed by atoms with Gasteiger partial charge in [-0.05, 0) is 86.4 Å². The first-order valence-corrected chi connectivity index (χ1v) is 26.2. The number of carboxylic acid groups (broad SMARTS) is 1. The van der Waals surface area contributed by atoms with Crippen LogP contribution < -0.4 is 9.47 Å². The van der Waals surface area contributed by atoms with Gasteiger partial charge in [0.25, 0.3) is 0 Å². The average molecular weight is 906 g/mol. The van der Waals surface area contributed by atoms with E-state index in [9.17, 15) is 9.59 Å². The molecular weight excluding hydrogens is 815 g/mol. The van der Waals surface area contributed by atoms with Gasteiger partial charge in [0.1, 0.15) is 19.0 Å². The standard InChI is InChI=1S/C40H59NO5.C16H32O3/c1-4-5-6-7-8-9-10-11-12-13-14-18-25-45-31-39(42)46-40-35(27-34-28-37(43-2)38(44-3)29-36(34)40)26-32-21-23-41(24-22-32)30-33-19-16-15-17-20-33;1-2-3-4-5-6-7-8-9-10-11-12-13-14-19-15-16(17)18/h15-17,19-20,28-29,32H,4-14,18,21-27,30-31H2,1-3H3;2-15H2,1H3,(H,17,18). The van der Waals surface area contributed by atoms with Crippen LogP contribution in [-0.4, -0.2) is 75.7 Å². The minimum atomic E-state index is -0.876. The number of hydrogen-bond acceptors (Lipinski definition) is 8. The van der Waals surface area contributed by atoms with Gasteiger partial charge in [-0.1, -0.05) is 185 Å². The van der Waals surface area contributed by atoms with Gasteiger partial charge in [0.15, 0.2) is 11.5 Å². The van der Waals surface area contributed by atoms with E-state index in [0.717, 1.165) is 82.1 Å². The summed E-state index contributed by atoms with van der Waals surface area (Å²) in [7, 11) is 3.30. The van der Waals surface area contributed by atoms with E-state index in [4.69, 9.17) is 28.8 Å². The Morgan fingerprint density at radius 3 is 1.55 bits per heavy atom. The Balaban J connectivity index is 0.000000498. The number of rotatable bonds is 37. The third kappa shape index (κ3) is 25.4. The second-order valence-electron chi connectivity index (χ2n) is 18.6. The van der Waals surface area contributed by atoms with E-state index in [1.165, 1.54) is 140 Å². The zero-order chi connectivity index (χ0) is 46.6. The van der Waals surface area contributed by atoms with Gasteiger partial charge >= 0.3 is 11.9 Å². The molecule has 2 aliphatic rings. The lowest BCUT2D eigenvalue weighted by Gasteiger charge is -2.32. The van der Waals surface area contributed by atoms with Gasteiger partial charge in [-0.3, -0.25) is 4.90 Å². The summed E-state index contributed by atoms with van der Waals surface area (Å²) in [6.45, 7) is 8.72. The van der Waals surface area contributed by atoms with Gasteiger partial charge < -0.3 is 28.8 Å². The molecule has 0 bridgehead atoms. The molecule has 1 aliphatic heterocycles. The third-order valence-corrected chi connectivity index (χ3v) is 13.0. The fourth-order valence-corrected chi connectivity index (χ4v) is 9.16. The first-order chi connectivity index (χ1) is 31.9. The number of unbranched alkanes of at least 4 members (excludes halogenated alkanes) is 22. The van der Waals surface area contributed by atoms with E-state index in [1.54, 1.807) is 14.2 Å². The molecule has 1 fully saturated rings. The van der Waals surface area contributed by atoms with Crippen molar-refractivity contribution in [3.05, 3.63) is 64.7 Å². The van der Waals surface area contributed by atoms with Gasteiger partial charge in [0, 0.05) is 25.3 Å². The maximum Gasteiger partial charge on any atom is 0.337 e. The number of carboxylic acids is 1. The normalized spacial score (nSPS) is 14.0. The molecule has 1 aliphatic carbocycles. The first kappa shape index (κ1) is 55.9. The van der Waals surface area contributed by atoms with Crippen LogP contribution in [0.2, 0.25) is 0 Å². The number of ether oxygens (including phenoxy) is 5. The van der Waals surface area contributed by atoms with Crippen LogP contribution in [0.5, 0.6) is 11.5 Å². The van der Waals surface area contributed by atoms with Crippen molar-refractivity contribution >= 4 is 17.7 Å². The van der Waals surface area contributed by atoms with Crippen LogP contribution in [0.3, 0.4) is 0 Å². The summed E-state index contributed by atoms with van der Waals surface area (Å²) in [6.07, 6.45) is 35.4. The Morgan fingerprint density at radius 1 is 0.615 bits per heavy atom. The minimum Gasteiger partial charge on any atom is -0.493 e. The summed E-state index contributed by atoms with van der Waals surface area (Å²) in [5.74, 6) is 1.41. The van der Waals surface area contributed by atoms with E-state index < -0.39 is 5.97 Å². The van der Waals surface area contributed by atoms with E-state index in [-0.39, 0.29) is 19.2 Å².